The molecule has 2 rings (SSSR count). The molecule has 0 amide bonds. The maximum Gasteiger partial charge on any atom is 0.310 e. The van der Waals surface area contributed by atoms with Crippen molar-refractivity contribution in [2.45, 2.75) is 46.6 Å². The first kappa shape index (κ1) is 9.04. The van der Waals surface area contributed by atoms with E-state index < -0.39 is 0 Å². The molecule has 0 aromatic heterocycles. The summed E-state index contributed by atoms with van der Waals surface area (Å²) in [6.45, 7) is 8.58. The van der Waals surface area contributed by atoms with Gasteiger partial charge in [0.05, 0.1) is 5.92 Å². The summed E-state index contributed by atoms with van der Waals surface area (Å²) in [5, 5.41) is 0. The first-order chi connectivity index (χ1) is 5.87. The minimum Gasteiger partial charge on any atom is -0.462 e. The van der Waals surface area contributed by atoms with Crippen LogP contribution in [0.3, 0.4) is 0 Å². The van der Waals surface area contributed by atoms with Gasteiger partial charge >= 0.3 is 5.97 Å². The standard InChI is InChI=1S/C11H18O2/c1-10(2)8(11(10,3)4)9(12)13-7-5-6-7/h7-8H,5-6H2,1-4H3. The maximum absolute atomic E-state index is 11.7. The van der Waals surface area contributed by atoms with Crippen LogP contribution in [0.4, 0.5) is 0 Å². The van der Waals surface area contributed by atoms with Crippen molar-refractivity contribution in [1.29, 1.82) is 0 Å². The number of ether oxygens (including phenoxy) is 1. The maximum atomic E-state index is 11.7. The predicted octanol–water partition coefficient (Wildman–Crippen LogP) is 2.37. The van der Waals surface area contributed by atoms with Gasteiger partial charge in [-0.2, -0.15) is 0 Å². The third kappa shape index (κ3) is 1.18. The van der Waals surface area contributed by atoms with Crippen molar-refractivity contribution in [3.05, 3.63) is 0 Å². The minimum atomic E-state index is 0.0255. The Bertz CT molecular complexity index is 235. The zero-order valence-corrected chi connectivity index (χ0v) is 8.89. The van der Waals surface area contributed by atoms with E-state index in [9.17, 15) is 4.79 Å². The van der Waals surface area contributed by atoms with Gasteiger partial charge in [-0.3, -0.25) is 4.79 Å². The largest absolute Gasteiger partial charge is 0.462 e. The van der Waals surface area contributed by atoms with Crippen LogP contribution in [0.5, 0.6) is 0 Å². The SMILES string of the molecule is CC1(C)C(C(=O)OC2CC2)C1(C)C. The first-order valence-corrected chi connectivity index (χ1v) is 5.08. The van der Waals surface area contributed by atoms with Gasteiger partial charge in [0.1, 0.15) is 6.10 Å². The van der Waals surface area contributed by atoms with Crippen LogP contribution in [0.2, 0.25) is 0 Å². The van der Waals surface area contributed by atoms with Gasteiger partial charge in [0, 0.05) is 0 Å². The van der Waals surface area contributed by atoms with E-state index in [-0.39, 0.29) is 28.8 Å². The first-order valence-electron chi connectivity index (χ1n) is 5.08. The second kappa shape index (κ2) is 2.28. The summed E-state index contributed by atoms with van der Waals surface area (Å²) in [6.07, 6.45) is 2.39. The molecule has 2 saturated carbocycles. The monoisotopic (exact) mass is 182 g/mol. The molecule has 0 aromatic carbocycles. The fourth-order valence-electron chi connectivity index (χ4n) is 2.20. The third-order valence-electron chi connectivity index (χ3n) is 4.06. The molecular formula is C11H18O2. The molecule has 0 aromatic rings. The van der Waals surface area contributed by atoms with Crippen molar-refractivity contribution in [3.63, 3.8) is 0 Å². The average molecular weight is 182 g/mol. The zero-order chi connectivity index (χ0) is 9.85. The van der Waals surface area contributed by atoms with Crippen LogP contribution < -0.4 is 0 Å². The van der Waals surface area contributed by atoms with Crippen molar-refractivity contribution in [2.75, 3.05) is 0 Å². The Morgan fingerprint density at radius 2 is 1.62 bits per heavy atom. The van der Waals surface area contributed by atoms with E-state index in [1.54, 1.807) is 0 Å². The molecule has 13 heavy (non-hydrogen) atoms. The fourth-order valence-corrected chi connectivity index (χ4v) is 2.20. The summed E-state index contributed by atoms with van der Waals surface area (Å²) in [5.41, 5.74) is 0.248. The number of esters is 1. The van der Waals surface area contributed by atoms with Crippen LogP contribution >= 0.6 is 0 Å². The number of carbonyl (C=O) groups excluding carboxylic acids is 1. The van der Waals surface area contributed by atoms with Crippen molar-refractivity contribution in [3.8, 4) is 0 Å². The molecule has 2 nitrogen and oxygen atoms in total. The van der Waals surface area contributed by atoms with E-state index in [2.05, 4.69) is 27.7 Å². The highest BCUT2D eigenvalue weighted by atomic mass is 16.5. The lowest BCUT2D eigenvalue weighted by molar-refractivity contribution is -0.147. The lowest BCUT2D eigenvalue weighted by atomic mass is 10.0. The Morgan fingerprint density at radius 1 is 1.15 bits per heavy atom. The lowest BCUT2D eigenvalue weighted by Crippen LogP contribution is -2.12. The summed E-state index contributed by atoms with van der Waals surface area (Å²) in [7, 11) is 0. The molecule has 2 aliphatic carbocycles. The molecule has 0 unspecified atom stereocenters. The summed E-state index contributed by atoms with van der Waals surface area (Å²) >= 11 is 0. The molecule has 74 valence electrons. The molecule has 0 N–H and O–H groups in total. The van der Waals surface area contributed by atoms with Gasteiger partial charge in [0.15, 0.2) is 0 Å². The van der Waals surface area contributed by atoms with E-state index >= 15 is 0 Å². The van der Waals surface area contributed by atoms with Gasteiger partial charge in [-0.15, -0.1) is 0 Å². The molecule has 0 atom stereocenters. The molecule has 0 saturated heterocycles. The van der Waals surface area contributed by atoms with Gasteiger partial charge < -0.3 is 4.74 Å². The van der Waals surface area contributed by atoms with Gasteiger partial charge in [-0.1, -0.05) is 27.7 Å². The zero-order valence-electron chi connectivity index (χ0n) is 8.89. The Balaban J connectivity index is 1.99. The van der Waals surface area contributed by atoms with E-state index in [1.165, 1.54) is 0 Å². The second-order valence-electron chi connectivity index (χ2n) is 5.51. The third-order valence-corrected chi connectivity index (χ3v) is 4.06. The molecule has 0 aliphatic heterocycles. The Morgan fingerprint density at radius 3 is 1.92 bits per heavy atom. The minimum absolute atomic E-state index is 0.0255. The van der Waals surface area contributed by atoms with E-state index in [1.807, 2.05) is 0 Å². The van der Waals surface area contributed by atoms with Crippen LogP contribution in [-0.4, -0.2) is 12.1 Å². The van der Waals surface area contributed by atoms with Crippen LogP contribution in [0.15, 0.2) is 0 Å². The highest BCUT2D eigenvalue weighted by molar-refractivity contribution is 5.79. The molecular weight excluding hydrogens is 164 g/mol. The summed E-state index contributed by atoms with van der Waals surface area (Å²) < 4.78 is 5.32. The summed E-state index contributed by atoms with van der Waals surface area (Å²) in [5.74, 6) is 0.137. The highest BCUT2D eigenvalue weighted by Gasteiger charge is 2.69. The number of hydrogen-bond donors (Lipinski definition) is 0. The molecule has 0 spiro atoms. The molecule has 0 bridgehead atoms. The molecule has 0 radical (unpaired) electrons. The Hall–Kier alpha value is -0.530. The molecule has 0 heterocycles. The fraction of sp³-hybridized carbons (Fsp3) is 0.909. The van der Waals surface area contributed by atoms with Crippen LogP contribution in [-0.2, 0) is 9.53 Å². The number of hydrogen-bond acceptors (Lipinski definition) is 2. The topological polar surface area (TPSA) is 26.3 Å². The normalized spacial score (nSPS) is 29.8. The lowest BCUT2D eigenvalue weighted by Gasteiger charge is -2.03. The van der Waals surface area contributed by atoms with Crippen molar-refractivity contribution in [2.24, 2.45) is 16.7 Å². The molecule has 2 aliphatic rings. The van der Waals surface area contributed by atoms with Crippen molar-refractivity contribution < 1.29 is 9.53 Å². The van der Waals surface area contributed by atoms with E-state index in [4.69, 9.17) is 4.74 Å². The van der Waals surface area contributed by atoms with Crippen LogP contribution in [0.1, 0.15) is 40.5 Å². The molecule has 2 heteroatoms. The van der Waals surface area contributed by atoms with Crippen LogP contribution in [0.25, 0.3) is 0 Å². The van der Waals surface area contributed by atoms with Gasteiger partial charge in [-0.25, -0.2) is 0 Å². The summed E-state index contributed by atoms with van der Waals surface area (Å²) in [6, 6.07) is 0. The highest BCUT2D eigenvalue weighted by Crippen LogP contribution is 2.68. The Kier molecular flexibility index (Phi) is 1.59. The van der Waals surface area contributed by atoms with E-state index in [0.717, 1.165) is 12.8 Å². The van der Waals surface area contributed by atoms with Crippen molar-refractivity contribution >= 4 is 5.97 Å². The average Bonchev–Trinajstić information content (AvgIpc) is 2.75. The van der Waals surface area contributed by atoms with E-state index in [0.29, 0.717) is 0 Å². The number of rotatable bonds is 2. The van der Waals surface area contributed by atoms with Gasteiger partial charge in [0.25, 0.3) is 0 Å². The van der Waals surface area contributed by atoms with Gasteiger partial charge in [-0.05, 0) is 23.7 Å². The Labute approximate surface area is 79.7 Å². The van der Waals surface area contributed by atoms with Crippen LogP contribution in [0, 0.1) is 16.7 Å². The number of carbonyl (C=O) groups is 1. The van der Waals surface area contributed by atoms with Gasteiger partial charge in [0.2, 0.25) is 0 Å². The second-order valence-corrected chi connectivity index (χ2v) is 5.51. The quantitative estimate of drug-likeness (QED) is 0.613. The smallest absolute Gasteiger partial charge is 0.310 e. The molecule has 2 fully saturated rings. The summed E-state index contributed by atoms with van der Waals surface area (Å²) in [4.78, 5) is 11.7. The van der Waals surface area contributed by atoms with Crippen molar-refractivity contribution in [1.82, 2.24) is 0 Å². The predicted molar refractivity (Wildman–Crippen MR) is 50.2 cm³/mol.